The summed E-state index contributed by atoms with van der Waals surface area (Å²) in [5.74, 6) is 2.39. The van der Waals surface area contributed by atoms with Crippen LogP contribution < -0.4 is 10.2 Å². The molecule has 0 spiro atoms. The molecule has 8 nitrogen and oxygen atoms in total. The molecule has 1 fully saturated rings. The van der Waals surface area contributed by atoms with Gasteiger partial charge in [-0.2, -0.15) is 0 Å². The first-order chi connectivity index (χ1) is 15.5. The maximum atomic E-state index is 12.0. The molecule has 0 saturated carbocycles. The van der Waals surface area contributed by atoms with Gasteiger partial charge in [-0.25, -0.2) is 4.99 Å². The number of hydrogen-bond donors (Lipinski definition) is 1. The van der Waals surface area contributed by atoms with E-state index in [9.17, 15) is 4.79 Å². The predicted molar refractivity (Wildman–Crippen MR) is 143 cm³/mol. The van der Waals surface area contributed by atoms with Crippen molar-refractivity contribution in [1.82, 2.24) is 20.1 Å². The fraction of sp³-hybridized carbons (Fsp3) is 0.542. The molecule has 0 atom stereocenters. The van der Waals surface area contributed by atoms with E-state index in [1.807, 2.05) is 31.6 Å². The second-order valence-corrected chi connectivity index (χ2v) is 8.53. The Morgan fingerprint density at radius 3 is 2.58 bits per heavy atom. The summed E-state index contributed by atoms with van der Waals surface area (Å²) >= 11 is 0. The average Bonchev–Trinajstić information content (AvgIpc) is 3.34. The van der Waals surface area contributed by atoms with Gasteiger partial charge < -0.3 is 24.4 Å². The number of aliphatic imine (C=N–C) groups is 1. The van der Waals surface area contributed by atoms with Crippen LogP contribution in [0.3, 0.4) is 0 Å². The van der Waals surface area contributed by atoms with Gasteiger partial charge in [0, 0.05) is 71.8 Å². The normalized spacial score (nSPS) is 14.5. The first-order valence-corrected chi connectivity index (χ1v) is 11.4. The van der Waals surface area contributed by atoms with E-state index < -0.39 is 0 Å². The quantitative estimate of drug-likeness (QED) is 0.285. The van der Waals surface area contributed by atoms with Gasteiger partial charge in [-0.3, -0.25) is 9.78 Å². The number of hydrogen-bond acceptors (Lipinski definition) is 5. The summed E-state index contributed by atoms with van der Waals surface area (Å²) in [7, 11) is 5.55. The van der Waals surface area contributed by atoms with Crippen molar-refractivity contribution in [2.45, 2.75) is 25.7 Å². The molecule has 0 aromatic carbocycles. The number of nitrogens with zero attached hydrogens (tertiary/aromatic N) is 5. The van der Waals surface area contributed by atoms with Crippen LogP contribution in [0.25, 0.3) is 0 Å². The fourth-order valence-corrected chi connectivity index (χ4v) is 3.86. The van der Waals surface area contributed by atoms with Gasteiger partial charge in [0.15, 0.2) is 5.96 Å². The molecule has 3 rings (SSSR count). The van der Waals surface area contributed by atoms with E-state index in [0.29, 0.717) is 12.5 Å². The van der Waals surface area contributed by atoms with E-state index in [0.717, 1.165) is 44.2 Å². The highest BCUT2D eigenvalue weighted by Crippen LogP contribution is 2.24. The SMILES string of the molecule is CN(C)C(=O)CN=C(NCCc1ccco1)N(C)CCC1CCN(c2ccncc2)CC1.I. The second-order valence-electron chi connectivity index (χ2n) is 8.53. The van der Waals surface area contributed by atoms with E-state index >= 15 is 0 Å². The van der Waals surface area contributed by atoms with Crippen molar-refractivity contribution in [3.8, 4) is 0 Å². The molecule has 1 N–H and O–H groups in total. The molecular formula is C24H37IN6O2. The Morgan fingerprint density at radius 1 is 1.21 bits per heavy atom. The molecule has 0 unspecified atom stereocenters. The minimum Gasteiger partial charge on any atom is -0.469 e. The van der Waals surface area contributed by atoms with E-state index in [1.54, 1.807) is 25.3 Å². The molecular weight excluding hydrogens is 531 g/mol. The van der Waals surface area contributed by atoms with Gasteiger partial charge in [-0.15, -0.1) is 24.0 Å². The topological polar surface area (TPSA) is 77.2 Å². The maximum absolute atomic E-state index is 12.0. The highest BCUT2D eigenvalue weighted by molar-refractivity contribution is 14.0. The molecule has 1 amide bonds. The van der Waals surface area contributed by atoms with Crippen LogP contribution in [-0.2, 0) is 11.2 Å². The molecule has 2 aromatic rings. The van der Waals surface area contributed by atoms with Gasteiger partial charge in [-0.05, 0) is 49.4 Å². The average molecular weight is 569 g/mol. The Bertz CT molecular complexity index is 836. The Balaban J connectivity index is 0.00000385. The molecule has 0 aliphatic carbocycles. The summed E-state index contributed by atoms with van der Waals surface area (Å²) in [4.78, 5) is 26.9. The Kier molecular flexibility index (Phi) is 11.5. The summed E-state index contributed by atoms with van der Waals surface area (Å²) < 4.78 is 5.41. The highest BCUT2D eigenvalue weighted by atomic mass is 127. The van der Waals surface area contributed by atoms with Crippen LogP contribution in [0.4, 0.5) is 5.69 Å². The molecule has 3 heterocycles. The minimum absolute atomic E-state index is 0. The summed E-state index contributed by atoms with van der Waals surface area (Å²) in [6, 6.07) is 8.03. The number of halogens is 1. The zero-order chi connectivity index (χ0) is 22.8. The van der Waals surface area contributed by atoms with Crippen LogP contribution in [0, 0.1) is 5.92 Å². The lowest BCUT2D eigenvalue weighted by Gasteiger charge is -2.34. The summed E-state index contributed by atoms with van der Waals surface area (Å²) in [5, 5.41) is 3.40. The van der Waals surface area contributed by atoms with Crippen LogP contribution in [-0.4, -0.2) is 80.5 Å². The monoisotopic (exact) mass is 568 g/mol. The van der Waals surface area contributed by atoms with Gasteiger partial charge in [0.1, 0.15) is 12.3 Å². The lowest BCUT2D eigenvalue weighted by molar-refractivity contribution is -0.127. The number of carbonyl (C=O) groups excluding carboxylic acids is 1. The third-order valence-electron chi connectivity index (χ3n) is 5.97. The van der Waals surface area contributed by atoms with Gasteiger partial charge in [0.05, 0.1) is 6.26 Å². The number of pyridine rings is 1. The second kappa shape index (κ2) is 14.1. The maximum Gasteiger partial charge on any atom is 0.243 e. The molecule has 2 aromatic heterocycles. The number of rotatable bonds is 9. The van der Waals surface area contributed by atoms with E-state index in [1.165, 1.54) is 18.5 Å². The van der Waals surface area contributed by atoms with Crippen molar-refractivity contribution in [2.24, 2.45) is 10.9 Å². The smallest absolute Gasteiger partial charge is 0.243 e. The third kappa shape index (κ3) is 8.87. The van der Waals surface area contributed by atoms with Crippen molar-refractivity contribution in [3.05, 3.63) is 48.7 Å². The van der Waals surface area contributed by atoms with Crippen LogP contribution in [0.5, 0.6) is 0 Å². The number of piperidine rings is 1. The summed E-state index contributed by atoms with van der Waals surface area (Å²) in [6.07, 6.45) is 9.66. The van der Waals surface area contributed by atoms with Crippen LogP contribution in [0.1, 0.15) is 25.0 Å². The van der Waals surface area contributed by atoms with Crippen molar-refractivity contribution >= 4 is 41.5 Å². The van der Waals surface area contributed by atoms with Gasteiger partial charge in [0.2, 0.25) is 5.91 Å². The largest absolute Gasteiger partial charge is 0.469 e. The summed E-state index contributed by atoms with van der Waals surface area (Å²) in [5.41, 5.74) is 1.26. The lowest BCUT2D eigenvalue weighted by Crippen LogP contribution is -2.42. The van der Waals surface area contributed by atoms with Gasteiger partial charge in [0.25, 0.3) is 0 Å². The summed E-state index contributed by atoms with van der Waals surface area (Å²) in [6.45, 7) is 3.92. The van der Waals surface area contributed by atoms with Crippen molar-refractivity contribution in [2.75, 3.05) is 58.8 Å². The Morgan fingerprint density at radius 2 is 1.94 bits per heavy atom. The Hall–Kier alpha value is -2.30. The van der Waals surface area contributed by atoms with E-state index in [-0.39, 0.29) is 36.4 Å². The molecule has 1 saturated heterocycles. The fourth-order valence-electron chi connectivity index (χ4n) is 3.86. The van der Waals surface area contributed by atoms with Gasteiger partial charge >= 0.3 is 0 Å². The molecule has 9 heteroatoms. The number of amides is 1. The number of nitrogens with one attached hydrogen (secondary N) is 1. The number of likely N-dealkylation sites (N-methyl/N-ethyl adjacent to an activating group) is 1. The van der Waals surface area contributed by atoms with Crippen molar-refractivity contribution in [1.29, 1.82) is 0 Å². The molecule has 182 valence electrons. The van der Waals surface area contributed by atoms with E-state index in [2.05, 4.69) is 37.2 Å². The number of aromatic nitrogens is 1. The standard InChI is InChI=1S/C24H36N6O2.HI/c1-28(2)23(31)19-27-24(26-14-8-22-5-4-18-32-22)29(3)15-9-20-10-16-30(17-11-20)21-6-12-25-13-7-21;/h4-7,12-13,18,20H,8-11,14-17,19H2,1-3H3,(H,26,27);1H. The third-order valence-corrected chi connectivity index (χ3v) is 5.97. The lowest BCUT2D eigenvalue weighted by atomic mass is 9.93. The van der Waals surface area contributed by atoms with Crippen molar-refractivity contribution in [3.63, 3.8) is 0 Å². The molecule has 1 aliphatic rings. The van der Waals surface area contributed by atoms with Gasteiger partial charge in [-0.1, -0.05) is 0 Å². The minimum atomic E-state index is -0.00721. The van der Waals surface area contributed by atoms with Crippen LogP contribution in [0.2, 0.25) is 0 Å². The molecule has 0 bridgehead atoms. The molecule has 33 heavy (non-hydrogen) atoms. The Labute approximate surface area is 214 Å². The number of furan rings is 1. The zero-order valence-electron chi connectivity index (χ0n) is 19.9. The number of carbonyl (C=O) groups is 1. The number of guanidine groups is 1. The zero-order valence-corrected chi connectivity index (χ0v) is 22.3. The molecule has 0 radical (unpaired) electrons. The molecule has 1 aliphatic heterocycles. The number of anilines is 1. The van der Waals surface area contributed by atoms with E-state index in [4.69, 9.17) is 4.42 Å². The first-order valence-electron chi connectivity index (χ1n) is 11.4. The van der Waals surface area contributed by atoms with Crippen LogP contribution in [0.15, 0.2) is 52.3 Å². The highest BCUT2D eigenvalue weighted by Gasteiger charge is 2.20. The van der Waals surface area contributed by atoms with Crippen molar-refractivity contribution < 1.29 is 9.21 Å². The first kappa shape index (κ1) is 26.9. The van der Waals surface area contributed by atoms with Crippen LogP contribution >= 0.6 is 24.0 Å². The predicted octanol–water partition coefficient (Wildman–Crippen LogP) is 3.11.